The lowest BCUT2D eigenvalue weighted by Crippen LogP contribution is -2.49. The van der Waals surface area contributed by atoms with Gasteiger partial charge < -0.3 is 14.5 Å². The fourth-order valence-corrected chi connectivity index (χ4v) is 4.66. The number of para-hydroxylation sites is 1. The fraction of sp³-hybridized carbons (Fsp3) is 0.364. The van der Waals surface area contributed by atoms with Crippen molar-refractivity contribution in [2.45, 2.75) is 19.8 Å². The number of benzene rings is 2. The number of hydrogen-bond donors (Lipinski definition) is 0. The van der Waals surface area contributed by atoms with Crippen LogP contribution in [0.3, 0.4) is 0 Å². The maximum absolute atomic E-state index is 12.7. The summed E-state index contributed by atoms with van der Waals surface area (Å²) in [7, 11) is 1.65. The third-order valence-corrected chi connectivity index (χ3v) is 6.37. The number of amides is 1. The zero-order valence-corrected chi connectivity index (χ0v) is 17.2. The number of nitrogens with zero attached hydrogens (tertiary/aromatic N) is 3. The summed E-state index contributed by atoms with van der Waals surface area (Å²) in [6, 6.07) is 14.1. The largest absolute Gasteiger partial charge is 0.497 e. The molecule has 0 radical (unpaired) electrons. The van der Waals surface area contributed by atoms with Crippen LogP contribution in [-0.2, 0) is 17.6 Å². The zero-order valence-electron chi connectivity index (χ0n) is 16.4. The van der Waals surface area contributed by atoms with Crippen LogP contribution < -0.4 is 9.64 Å². The topological polar surface area (TPSA) is 45.7 Å². The van der Waals surface area contributed by atoms with E-state index in [1.54, 1.807) is 18.4 Å². The van der Waals surface area contributed by atoms with Crippen LogP contribution in [-0.4, -0.2) is 49.1 Å². The maximum atomic E-state index is 12.7. The highest BCUT2D eigenvalue weighted by Crippen LogP contribution is 2.31. The molecule has 0 atom stereocenters. The smallest absolute Gasteiger partial charge is 0.227 e. The molecule has 28 heavy (non-hydrogen) atoms. The number of rotatable bonds is 5. The van der Waals surface area contributed by atoms with E-state index in [-0.39, 0.29) is 5.91 Å². The Labute approximate surface area is 169 Å². The minimum Gasteiger partial charge on any atom is -0.497 e. The van der Waals surface area contributed by atoms with Gasteiger partial charge in [0.1, 0.15) is 5.75 Å². The van der Waals surface area contributed by atoms with Gasteiger partial charge in [-0.2, -0.15) is 0 Å². The molecule has 0 bridgehead atoms. The quantitative estimate of drug-likeness (QED) is 0.660. The zero-order chi connectivity index (χ0) is 19.5. The second-order valence-electron chi connectivity index (χ2n) is 7.01. The van der Waals surface area contributed by atoms with Gasteiger partial charge >= 0.3 is 0 Å². The first-order valence-corrected chi connectivity index (χ1v) is 10.5. The second-order valence-corrected chi connectivity index (χ2v) is 8.02. The summed E-state index contributed by atoms with van der Waals surface area (Å²) in [5, 5.41) is 1.07. The average molecular weight is 396 g/mol. The van der Waals surface area contributed by atoms with Crippen molar-refractivity contribution in [3.63, 3.8) is 0 Å². The molecule has 4 rings (SSSR count). The van der Waals surface area contributed by atoms with Crippen molar-refractivity contribution in [2.24, 2.45) is 0 Å². The fourth-order valence-electron chi connectivity index (χ4n) is 3.59. The number of aromatic nitrogens is 1. The van der Waals surface area contributed by atoms with E-state index in [1.807, 2.05) is 29.2 Å². The Hall–Kier alpha value is -2.60. The number of ether oxygens (including phenoxy) is 1. The minimum atomic E-state index is 0.183. The molecule has 146 valence electrons. The number of piperazine rings is 1. The first kappa shape index (κ1) is 18.7. The minimum absolute atomic E-state index is 0.183. The summed E-state index contributed by atoms with van der Waals surface area (Å²) in [6.07, 6.45) is 1.43. The van der Waals surface area contributed by atoms with Crippen LogP contribution >= 0.6 is 11.3 Å². The van der Waals surface area contributed by atoms with Crippen molar-refractivity contribution >= 4 is 32.6 Å². The number of carbonyl (C=O) groups is 1. The van der Waals surface area contributed by atoms with Crippen LogP contribution in [0.5, 0.6) is 5.75 Å². The van der Waals surface area contributed by atoms with E-state index in [9.17, 15) is 4.79 Å². The highest BCUT2D eigenvalue weighted by Gasteiger charge is 2.23. The number of hydrogen-bond acceptors (Lipinski definition) is 5. The van der Waals surface area contributed by atoms with Crippen molar-refractivity contribution < 1.29 is 9.53 Å². The summed E-state index contributed by atoms with van der Waals surface area (Å²) in [6.45, 7) is 5.31. The normalized spacial score (nSPS) is 14.5. The summed E-state index contributed by atoms with van der Waals surface area (Å²) in [5.74, 6) is 0.995. The van der Waals surface area contributed by atoms with Crippen LogP contribution in [0.15, 0.2) is 42.5 Å². The predicted molar refractivity (Wildman–Crippen MR) is 114 cm³/mol. The van der Waals surface area contributed by atoms with Crippen molar-refractivity contribution in [1.29, 1.82) is 0 Å². The summed E-state index contributed by atoms with van der Waals surface area (Å²) in [5.41, 5.74) is 3.45. The molecule has 0 spiro atoms. The molecule has 1 amide bonds. The number of aryl methyl sites for hydroxylation is 1. The van der Waals surface area contributed by atoms with E-state index in [1.165, 1.54) is 10.3 Å². The molecule has 1 aliphatic rings. The highest BCUT2D eigenvalue weighted by molar-refractivity contribution is 7.22. The molecule has 0 unspecified atom stereocenters. The van der Waals surface area contributed by atoms with Crippen LogP contribution in [0.4, 0.5) is 5.13 Å². The number of methoxy groups -OCH3 is 1. The Morgan fingerprint density at radius 1 is 1.11 bits per heavy atom. The molecule has 0 aliphatic carbocycles. The molecule has 3 aromatic rings. The predicted octanol–water partition coefficient (Wildman–Crippen LogP) is 3.76. The standard InChI is InChI=1S/C22H25N3O2S/c1-3-17-5-4-6-19-21(17)23-22(28-19)25-13-11-24(12-14-25)20(26)15-16-7-9-18(27-2)10-8-16/h4-10H,3,11-15H2,1-2H3. The van der Waals surface area contributed by atoms with E-state index >= 15 is 0 Å². The Kier molecular flexibility index (Phi) is 5.48. The van der Waals surface area contributed by atoms with Gasteiger partial charge in [-0.05, 0) is 35.7 Å². The van der Waals surface area contributed by atoms with Gasteiger partial charge in [0, 0.05) is 26.2 Å². The SMILES string of the molecule is CCc1cccc2sc(N3CCN(C(=O)Cc4ccc(OC)cc4)CC3)nc12. The lowest BCUT2D eigenvalue weighted by molar-refractivity contribution is -0.130. The van der Waals surface area contributed by atoms with Crippen LogP contribution in [0.25, 0.3) is 10.2 Å². The molecule has 1 aromatic heterocycles. The lowest BCUT2D eigenvalue weighted by Gasteiger charge is -2.34. The van der Waals surface area contributed by atoms with Crippen molar-refractivity contribution in [2.75, 3.05) is 38.2 Å². The summed E-state index contributed by atoms with van der Waals surface area (Å²) >= 11 is 1.75. The number of anilines is 1. The number of thiazole rings is 1. The molecule has 1 aliphatic heterocycles. The molecular weight excluding hydrogens is 370 g/mol. The van der Waals surface area contributed by atoms with Crippen LogP contribution in [0.1, 0.15) is 18.1 Å². The van der Waals surface area contributed by atoms with Crippen molar-refractivity contribution in [3.8, 4) is 5.75 Å². The maximum Gasteiger partial charge on any atom is 0.227 e. The Balaban J connectivity index is 1.38. The van der Waals surface area contributed by atoms with Gasteiger partial charge in [0.15, 0.2) is 5.13 Å². The van der Waals surface area contributed by atoms with Crippen LogP contribution in [0, 0.1) is 0 Å². The van der Waals surface area contributed by atoms with Gasteiger partial charge in [-0.15, -0.1) is 0 Å². The van der Waals surface area contributed by atoms with Gasteiger partial charge in [0.25, 0.3) is 0 Å². The monoisotopic (exact) mass is 395 g/mol. The molecule has 6 heteroatoms. The molecule has 2 heterocycles. The van der Waals surface area contributed by atoms with E-state index in [0.29, 0.717) is 6.42 Å². The number of carbonyl (C=O) groups excluding carboxylic acids is 1. The molecule has 1 saturated heterocycles. The summed E-state index contributed by atoms with van der Waals surface area (Å²) in [4.78, 5) is 21.8. The Morgan fingerprint density at radius 3 is 2.54 bits per heavy atom. The third-order valence-electron chi connectivity index (χ3n) is 5.29. The third kappa shape index (κ3) is 3.83. The van der Waals surface area contributed by atoms with Gasteiger partial charge in [0.05, 0.1) is 23.7 Å². The summed E-state index contributed by atoms with van der Waals surface area (Å²) < 4.78 is 6.42. The molecule has 2 aromatic carbocycles. The van der Waals surface area contributed by atoms with Gasteiger partial charge in [-0.3, -0.25) is 4.79 Å². The molecule has 0 saturated carbocycles. The van der Waals surface area contributed by atoms with E-state index in [0.717, 1.165) is 54.6 Å². The van der Waals surface area contributed by atoms with E-state index in [4.69, 9.17) is 9.72 Å². The van der Waals surface area contributed by atoms with Gasteiger partial charge in [0.2, 0.25) is 5.91 Å². The second kappa shape index (κ2) is 8.19. The number of fused-ring (bicyclic) bond motifs is 1. The Bertz CT molecular complexity index is 960. The molecular formula is C22H25N3O2S. The Morgan fingerprint density at radius 2 is 1.86 bits per heavy atom. The average Bonchev–Trinajstić information content (AvgIpc) is 3.19. The van der Waals surface area contributed by atoms with Crippen molar-refractivity contribution in [3.05, 3.63) is 53.6 Å². The van der Waals surface area contributed by atoms with Crippen LogP contribution in [0.2, 0.25) is 0 Å². The molecule has 0 N–H and O–H groups in total. The highest BCUT2D eigenvalue weighted by atomic mass is 32.1. The van der Waals surface area contributed by atoms with E-state index < -0.39 is 0 Å². The van der Waals surface area contributed by atoms with Crippen molar-refractivity contribution in [1.82, 2.24) is 9.88 Å². The lowest BCUT2D eigenvalue weighted by atomic mass is 10.1. The molecule has 1 fully saturated rings. The first-order chi connectivity index (χ1) is 13.7. The van der Waals surface area contributed by atoms with E-state index in [2.05, 4.69) is 30.0 Å². The van der Waals surface area contributed by atoms with Gasteiger partial charge in [-0.25, -0.2) is 4.98 Å². The van der Waals surface area contributed by atoms with Gasteiger partial charge in [-0.1, -0.05) is 42.5 Å². The first-order valence-electron chi connectivity index (χ1n) is 9.72. The molecule has 5 nitrogen and oxygen atoms in total.